The van der Waals surface area contributed by atoms with E-state index in [1.54, 1.807) is 6.07 Å². The van der Waals surface area contributed by atoms with Crippen molar-refractivity contribution in [2.45, 2.75) is 19.9 Å². The van der Waals surface area contributed by atoms with E-state index < -0.39 is 23.7 Å². The molecule has 0 aromatic heterocycles. The van der Waals surface area contributed by atoms with Crippen LogP contribution in [0.1, 0.15) is 13.8 Å². The number of carbonyl (C=O) groups is 2. The molecule has 0 heterocycles. The number of hydrogen-bond acceptors (Lipinski definition) is 3. The molecule has 0 fully saturated rings. The fraction of sp³-hybridized carbons (Fsp3) is 0.385. The van der Waals surface area contributed by atoms with Gasteiger partial charge in [-0.3, -0.25) is 14.9 Å². The number of amides is 2. The zero-order chi connectivity index (χ0) is 14.4. The van der Waals surface area contributed by atoms with Crippen molar-refractivity contribution in [3.8, 4) is 0 Å². The molecule has 104 valence electrons. The molecule has 1 unspecified atom stereocenters. The first-order valence-electron chi connectivity index (χ1n) is 5.99. The molecular weight excluding hydrogens is 249 g/mol. The van der Waals surface area contributed by atoms with Crippen molar-refractivity contribution in [3.05, 3.63) is 30.1 Å². The third-order valence-electron chi connectivity index (χ3n) is 2.60. The number of hydrogen-bond donors (Lipinski definition) is 3. The highest BCUT2D eigenvalue weighted by atomic mass is 19.1. The number of carbonyl (C=O) groups excluding carboxylic acids is 2. The molecule has 0 aliphatic heterocycles. The van der Waals surface area contributed by atoms with E-state index in [4.69, 9.17) is 5.73 Å². The topological polar surface area (TPSA) is 84.2 Å². The zero-order valence-corrected chi connectivity index (χ0v) is 10.9. The Labute approximate surface area is 111 Å². The van der Waals surface area contributed by atoms with Crippen molar-refractivity contribution in [2.75, 3.05) is 11.9 Å². The van der Waals surface area contributed by atoms with Gasteiger partial charge in [0.1, 0.15) is 5.82 Å². The van der Waals surface area contributed by atoms with Gasteiger partial charge >= 0.3 is 0 Å². The van der Waals surface area contributed by atoms with Crippen LogP contribution in [0.15, 0.2) is 24.3 Å². The number of nitrogens with two attached hydrogens (primary N) is 1. The van der Waals surface area contributed by atoms with Gasteiger partial charge in [-0.05, 0) is 18.1 Å². The second-order valence-electron chi connectivity index (χ2n) is 4.53. The van der Waals surface area contributed by atoms with Gasteiger partial charge in [-0.2, -0.15) is 0 Å². The predicted molar refractivity (Wildman–Crippen MR) is 70.9 cm³/mol. The summed E-state index contributed by atoms with van der Waals surface area (Å²) in [6, 6.07) is 5.27. The second-order valence-corrected chi connectivity index (χ2v) is 4.53. The minimum atomic E-state index is -0.591. The van der Waals surface area contributed by atoms with Crippen molar-refractivity contribution in [2.24, 2.45) is 11.7 Å². The monoisotopic (exact) mass is 267 g/mol. The predicted octanol–water partition coefficient (Wildman–Crippen LogP) is 0.864. The number of rotatable bonds is 6. The van der Waals surface area contributed by atoms with Gasteiger partial charge in [-0.1, -0.05) is 26.0 Å². The van der Waals surface area contributed by atoms with Gasteiger partial charge < -0.3 is 11.1 Å². The Morgan fingerprint density at radius 1 is 1.32 bits per heavy atom. The molecule has 1 atom stereocenters. The van der Waals surface area contributed by atoms with E-state index in [9.17, 15) is 14.0 Å². The maximum Gasteiger partial charge on any atom is 0.238 e. The van der Waals surface area contributed by atoms with Crippen molar-refractivity contribution in [1.82, 2.24) is 5.32 Å². The van der Waals surface area contributed by atoms with Gasteiger partial charge in [-0.25, -0.2) is 4.39 Å². The summed E-state index contributed by atoms with van der Waals surface area (Å²) >= 11 is 0. The quantitative estimate of drug-likeness (QED) is 0.715. The fourth-order valence-corrected chi connectivity index (χ4v) is 1.62. The second kappa shape index (κ2) is 6.84. The Morgan fingerprint density at radius 3 is 2.47 bits per heavy atom. The van der Waals surface area contributed by atoms with Crippen molar-refractivity contribution < 1.29 is 14.0 Å². The van der Waals surface area contributed by atoms with E-state index in [-0.39, 0.29) is 18.2 Å². The Balaban J connectivity index is 2.52. The Hall–Kier alpha value is -1.95. The number of halogens is 1. The third kappa shape index (κ3) is 4.67. The van der Waals surface area contributed by atoms with Crippen LogP contribution in [-0.4, -0.2) is 24.4 Å². The maximum absolute atomic E-state index is 13.3. The van der Waals surface area contributed by atoms with E-state index in [1.165, 1.54) is 18.2 Å². The van der Waals surface area contributed by atoms with Gasteiger partial charge in [-0.15, -0.1) is 0 Å². The van der Waals surface area contributed by atoms with Crippen LogP contribution in [0, 0.1) is 11.7 Å². The van der Waals surface area contributed by atoms with Crippen LogP contribution >= 0.6 is 0 Å². The Morgan fingerprint density at radius 2 is 1.95 bits per heavy atom. The largest absolute Gasteiger partial charge is 0.368 e. The molecule has 0 aliphatic carbocycles. The van der Waals surface area contributed by atoms with E-state index in [1.807, 2.05) is 13.8 Å². The summed E-state index contributed by atoms with van der Waals surface area (Å²) < 4.78 is 13.3. The summed E-state index contributed by atoms with van der Waals surface area (Å²) in [4.78, 5) is 22.8. The molecule has 0 aliphatic rings. The van der Waals surface area contributed by atoms with Crippen LogP contribution in [0.25, 0.3) is 0 Å². The Kier molecular flexibility index (Phi) is 5.44. The van der Waals surface area contributed by atoms with Gasteiger partial charge in [0.05, 0.1) is 18.3 Å². The highest BCUT2D eigenvalue weighted by molar-refractivity contribution is 5.92. The minimum absolute atomic E-state index is 0.0289. The smallest absolute Gasteiger partial charge is 0.238 e. The molecule has 0 bridgehead atoms. The molecule has 6 heteroatoms. The summed E-state index contributed by atoms with van der Waals surface area (Å²) in [6.07, 6.45) is 0. The first-order valence-corrected chi connectivity index (χ1v) is 5.99. The number of anilines is 1. The summed E-state index contributed by atoms with van der Waals surface area (Å²) in [5.41, 5.74) is 5.31. The molecule has 1 rings (SSSR count). The van der Waals surface area contributed by atoms with Gasteiger partial charge in [0.15, 0.2) is 0 Å². The number of para-hydroxylation sites is 1. The SMILES string of the molecule is CC(C)C(NCC(=O)Nc1ccccc1F)C(N)=O. The lowest BCUT2D eigenvalue weighted by molar-refractivity contribution is -0.121. The van der Waals surface area contributed by atoms with Crippen LogP contribution in [0.5, 0.6) is 0 Å². The average Bonchev–Trinajstić information content (AvgIpc) is 2.31. The zero-order valence-electron chi connectivity index (χ0n) is 10.9. The highest BCUT2D eigenvalue weighted by Crippen LogP contribution is 2.11. The summed E-state index contributed by atoms with van der Waals surface area (Å²) in [5, 5.41) is 5.16. The molecule has 4 N–H and O–H groups in total. The van der Waals surface area contributed by atoms with Crippen LogP contribution in [-0.2, 0) is 9.59 Å². The van der Waals surface area contributed by atoms with Crippen LogP contribution in [0.3, 0.4) is 0 Å². The van der Waals surface area contributed by atoms with E-state index in [2.05, 4.69) is 10.6 Å². The number of primary amides is 1. The van der Waals surface area contributed by atoms with Crippen LogP contribution < -0.4 is 16.4 Å². The summed E-state index contributed by atoms with van der Waals surface area (Å²) in [7, 11) is 0. The molecule has 5 nitrogen and oxygen atoms in total. The maximum atomic E-state index is 13.3. The number of benzene rings is 1. The highest BCUT2D eigenvalue weighted by Gasteiger charge is 2.19. The molecule has 1 aromatic rings. The molecule has 0 saturated carbocycles. The minimum Gasteiger partial charge on any atom is -0.368 e. The summed E-state index contributed by atoms with van der Waals surface area (Å²) in [5.74, 6) is -1.49. The van der Waals surface area contributed by atoms with Gasteiger partial charge in [0.2, 0.25) is 11.8 Å². The molecule has 19 heavy (non-hydrogen) atoms. The van der Waals surface area contributed by atoms with Crippen molar-refractivity contribution in [3.63, 3.8) is 0 Å². The lowest BCUT2D eigenvalue weighted by atomic mass is 10.0. The number of nitrogens with one attached hydrogen (secondary N) is 2. The molecule has 2 amide bonds. The van der Waals surface area contributed by atoms with E-state index in [0.29, 0.717) is 0 Å². The van der Waals surface area contributed by atoms with Crippen LogP contribution in [0.2, 0.25) is 0 Å². The first kappa shape index (κ1) is 15.1. The molecule has 0 radical (unpaired) electrons. The van der Waals surface area contributed by atoms with Crippen molar-refractivity contribution in [1.29, 1.82) is 0 Å². The third-order valence-corrected chi connectivity index (χ3v) is 2.60. The lowest BCUT2D eigenvalue weighted by Crippen LogP contribution is -2.47. The average molecular weight is 267 g/mol. The summed E-state index contributed by atoms with van der Waals surface area (Å²) in [6.45, 7) is 3.52. The van der Waals surface area contributed by atoms with Gasteiger partial charge in [0, 0.05) is 0 Å². The molecule has 0 spiro atoms. The van der Waals surface area contributed by atoms with Gasteiger partial charge in [0.25, 0.3) is 0 Å². The van der Waals surface area contributed by atoms with E-state index in [0.717, 1.165) is 0 Å². The standard InChI is InChI=1S/C13H18FN3O2/c1-8(2)12(13(15)19)16-7-11(18)17-10-6-4-3-5-9(10)14/h3-6,8,12,16H,7H2,1-2H3,(H2,15,19)(H,17,18). The first-order chi connectivity index (χ1) is 8.91. The molecule has 1 aromatic carbocycles. The van der Waals surface area contributed by atoms with E-state index >= 15 is 0 Å². The van der Waals surface area contributed by atoms with Crippen LogP contribution in [0.4, 0.5) is 10.1 Å². The van der Waals surface area contributed by atoms with Crippen molar-refractivity contribution >= 4 is 17.5 Å². The molecule has 0 saturated heterocycles. The lowest BCUT2D eigenvalue weighted by Gasteiger charge is -2.18. The molecular formula is C13H18FN3O2. The Bertz CT molecular complexity index is 463. The fourth-order valence-electron chi connectivity index (χ4n) is 1.62. The normalized spacial score (nSPS) is 12.2.